The number of rotatable bonds is 2. The zero-order chi connectivity index (χ0) is 12.5. The molecule has 0 amide bonds. The Morgan fingerprint density at radius 3 is 2.47 bits per heavy atom. The maximum absolute atomic E-state index is 6.30. The molecule has 1 fully saturated rings. The number of hydrogen-bond acceptors (Lipinski definition) is 1. The molecule has 1 aromatic carbocycles. The largest absolute Gasteiger partial charge is 0.327 e. The van der Waals surface area contributed by atoms with E-state index < -0.39 is 0 Å². The van der Waals surface area contributed by atoms with Crippen LogP contribution < -0.4 is 5.73 Å². The Morgan fingerprint density at radius 1 is 1.24 bits per heavy atom. The molecule has 0 saturated heterocycles. The molecule has 1 aliphatic rings. The van der Waals surface area contributed by atoms with Crippen LogP contribution in [-0.4, -0.2) is 6.04 Å². The number of nitrogens with two attached hydrogens (primary N) is 1. The summed E-state index contributed by atoms with van der Waals surface area (Å²) in [6.07, 6.45) is 4.76. The third-order valence-corrected chi connectivity index (χ3v) is 4.26. The summed E-state index contributed by atoms with van der Waals surface area (Å²) in [5.41, 5.74) is 9.60. The van der Waals surface area contributed by atoms with E-state index in [1.165, 1.54) is 24.0 Å². The molecule has 0 aliphatic heterocycles. The van der Waals surface area contributed by atoms with Crippen molar-refractivity contribution in [2.45, 2.75) is 58.4 Å². The lowest BCUT2D eigenvalue weighted by molar-refractivity contribution is 0.198. The van der Waals surface area contributed by atoms with E-state index in [1.807, 2.05) is 0 Å². The summed E-state index contributed by atoms with van der Waals surface area (Å²) in [7, 11) is 0. The molecule has 2 N–H and O–H groups in total. The van der Waals surface area contributed by atoms with Crippen LogP contribution >= 0.6 is 0 Å². The van der Waals surface area contributed by atoms with Gasteiger partial charge in [0, 0.05) is 6.04 Å². The molecule has 94 valence electrons. The van der Waals surface area contributed by atoms with E-state index in [9.17, 15) is 0 Å². The van der Waals surface area contributed by atoms with E-state index in [2.05, 4.69) is 45.0 Å². The summed E-state index contributed by atoms with van der Waals surface area (Å²) >= 11 is 0. The molecule has 1 aromatic rings. The lowest BCUT2D eigenvalue weighted by Gasteiger charge is -2.39. The van der Waals surface area contributed by atoms with Gasteiger partial charge in [-0.3, -0.25) is 0 Å². The first-order valence-corrected chi connectivity index (χ1v) is 6.86. The van der Waals surface area contributed by atoms with Crippen molar-refractivity contribution in [2.24, 2.45) is 11.1 Å². The summed E-state index contributed by atoms with van der Waals surface area (Å²) in [5, 5.41) is 0. The summed E-state index contributed by atoms with van der Waals surface area (Å²) < 4.78 is 0. The molecule has 1 aliphatic carbocycles. The zero-order valence-electron chi connectivity index (χ0n) is 11.4. The van der Waals surface area contributed by atoms with Gasteiger partial charge < -0.3 is 5.73 Å². The molecule has 2 unspecified atom stereocenters. The van der Waals surface area contributed by atoms with Gasteiger partial charge in [-0.1, -0.05) is 45.0 Å². The molecule has 17 heavy (non-hydrogen) atoms. The van der Waals surface area contributed by atoms with E-state index in [0.29, 0.717) is 17.4 Å². The van der Waals surface area contributed by atoms with Crippen molar-refractivity contribution in [3.8, 4) is 0 Å². The minimum Gasteiger partial charge on any atom is -0.327 e. The fourth-order valence-electron chi connectivity index (χ4n) is 2.97. The Labute approximate surface area is 105 Å². The van der Waals surface area contributed by atoms with Gasteiger partial charge in [-0.25, -0.2) is 0 Å². The fourth-order valence-corrected chi connectivity index (χ4v) is 2.97. The van der Waals surface area contributed by atoms with E-state index in [0.717, 1.165) is 12.8 Å². The van der Waals surface area contributed by atoms with Crippen LogP contribution in [0.15, 0.2) is 24.3 Å². The quantitative estimate of drug-likeness (QED) is 0.821. The summed E-state index contributed by atoms with van der Waals surface area (Å²) in [6.45, 7) is 6.93. The van der Waals surface area contributed by atoms with Crippen LogP contribution in [0.25, 0.3) is 0 Å². The second kappa shape index (κ2) is 4.81. The van der Waals surface area contributed by atoms with Gasteiger partial charge in [0.1, 0.15) is 0 Å². The maximum Gasteiger partial charge on any atom is 0.0108 e. The first-order valence-electron chi connectivity index (χ1n) is 6.86. The Kier molecular flexibility index (Phi) is 3.58. The summed E-state index contributed by atoms with van der Waals surface area (Å²) in [4.78, 5) is 0. The van der Waals surface area contributed by atoms with E-state index in [1.54, 1.807) is 0 Å². The minimum atomic E-state index is 0.343. The summed E-state index contributed by atoms with van der Waals surface area (Å²) in [6, 6.07) is 9.42. The molecule has 2 rings (SSSR count). The lowest BCUT2D eigenvalue weighted by Crippen LogP contribution is -2.37. The third-order valence-electron chi connectivity index (χ3n) is 4.26. The van der Waals surface area contributed by atoms with Gasteiger partial charge in [0.25, 0.3) is 0 Å². The van der Waals surface area contributed by atoms with Crippen molar-refractivity contribution in [1.82, 2.24) is 0 Å². The van der Waals surface area contributed by atoms with Crippen LogP contribution in [0, 0.1) is 5.41 Å². The van der Waals surface area contributed by atoms with Gasteiger partial charge >= 0.3 is 0 Å². The standard InChI is InChI=1S/C16H25N/c1-4-12-5-7-13(8-6-12)14-11-16(2,3)10-9-15(14)17/h5-8,14-15H,4,9-11,17H2,1-3H3. The Bertz CT molecular complexity index is 364. The van der Waals surface area contributed by atoms with E-state index in [-0.39, 0.29) is 0 Å². The first kappa shape index (κ1) is 12.6. The molecular formula is C16H25N. The van der Waals surface area contributed by atoms with Crippen LogP contribution in [0.3, 0.4) is 0 Å². The maximum atomic E-state index is 6.30. The third kappa shape index (κ3) is 2.90. The molecule has 0 spiro atoms. The Morgan fingerprint density at radius 2 is 1.88 bits per heavy atom. The number of benzene rings is 1. The van der Waals surface area contributed by atoms with E-state index >= 15 is 0 Å². The normalized spacial score (nSPS) is 28.0. The Hall–Kier alpha value is -0.820. The van der Waals surface area contributed by atoms with Gasteiger partial charge in [-0.15, -0.1) is 0 Å². The molecule has 0 heterocycles. The monoisotopic (exact) mass is 231 g/mol. The molecule has 1 heteroatoms. The summed E-state index contributed by atoms with van der Waals surface area (Å²) in [5.74, 6) is 0.546. The van der Waals surface area contributed by atoms with Crippen LogP contribution in [0.5, 0.6) is 0 Å². The highest BCUT2D eigenvalue weighted by molar-refractivity contribution is 5.27. The van der Waals surface area contributed by atoms with Crippen molar-refractivity contribution in [3.63, 3.8) is 0 Å². The highest BCUT2D eigenvalue weighted by Gasteiger charge is 2.33. The number of aryl methyl sites for hydroxylation is 1. The van der Waals surface area contributed by atoms with E-state index in [4.69, 9.17) is 5.73 Å². The van der Waals surface area contributed by atoms with Crippen molar-refractivity contribution >= 4 is 0 Å². The molecule has 1 nitrogen and oxygen atoms in total. The zero-order valence-corrected chi connectivity index (χ0v) is 11.4. The molecule has 2 atom stereocenters. The van der Waals surface area contributed by atoms with Crippen LogP contribution in [0.1, 0.15) is 57.1 Å². The van der Waals surface area contributed by atoms with Gasteiger partial charge in [0.2, 0.25) is 0 Å². The van der Waals surface area contributed by atoms with Gasteiger partial charge in [0.15, 0.2) is 0 Å². The average molecular weight is 231 g/mol. The fraction of sp³-hybridized carbons (Fsp3) is 0.625. The minimum absolute atomic E-state index is 0.343. The van der Waals surface area contributed by atoms with Gasteiger partial charge in [-0.2, -0.15) is 0 Å². The van der Waals surface area contributed by atoms with Crippen LogP contribution in [-0.2, 0) is 6.42 Å². The Balaban J connectivity index is 2.18. The van der Waals surface area contributed by atoms with Crippen molar-refractivity contribution in [2.75, 3.05) is 0 Å². The topological polar surface area (TPSA) is 26.0 Å². The highest BCUT2D eigenvalue weighted by atomic mass is 14.7. The lowest BCUT2D eigenvalue weighted by atomic mass is 9.68. The SMILES string of the molecule is CCc1ccc(C2CC(C)(C)CCC2N)cc1. The molecule has 0 aromatic heterocycles. The predicted molar refractivity (Wildman–Crippen MR) is 74.2 cm³/mol. The van der Waals surface area contributed by atoms with Crippen LogP contribution in [0.2, 0.25) is 0 Å². The van der Waals surface area contributed by atoms with Crippen molar-refractivity contribution < 1.29 is 0 Å². The number of hydrogen-bond donors (Lipinski definition) is 1. The molecule has 0 radical (unpaired) electrons. The molecule has 0 bridgehead atoms. The van der Waals surface area contributed by atoms with Gasteiger partial charge in [-0.05, 0) is 48.1 Å². The second-order valence-electron chi connectivity index (χ2n) is 6.27. The van der Waals surface area contributed by atoms with Crippen molar-refractivity contribution in [1.29, 1.82) is 0 Å². The van der Waals surface area contributed by atoms with Gasteiger partial charge in [0.05, 0.1) is 0 Å². The van der Waals surface area contributed by atoms with Crippen LogP contribution in [0.4, 0.5) is 0 Å². The van der Waals surface area contributed by atoms with Crippen molar-refractivity contribution in [3.05, 3.63) is 35.4 Å². The predicted octanol–water partition coefficient (Wildman–Crippen LogP) is 3.87. The average Bonchev–Trinajstić information content (AvgIpc) is 2.33. The first-order chi connectivity index (χ1) is 8.02. The smallest absolute Gasteiger partial charge is 0.0108 e. The second-order valence-corrected chi connectivity index (χ2v) is 6.27. The molecule has 1 saturated carbocycles. The molecular weight excluding hydrogens is 206 g/mol. The highest BCUT2D eigenvalue weighted by Crippen LogP contribution is 2.42.